The van der Waals surface area contributed by atoms with E-state index in [2.05, 4.69) is 36.1 Å². The molecular formula is C13H23N3O. The molecule has 1 N–H and O–H groups in total. The maximum atomic E-state index is 5.72. The van der Waals surface area contributed by atoms with Crippen LogP contribution in [0.1, 0.15) is 39.8 Å². The van der Waals surface area contributed by atoms with Crippen LogP contribution in [0.25, 0.3) is 0 Å². The molecule has 0 aliphatic rings. The molecule has 1 unspecified atom stereocenters. The molecule has 0 saturated heterocycles. The van der Waals surface area contributed by atoms with E-state index in [0.717, 1.165) is 25.2 Å². The second-order valence-electron chi connectivity index (χ2n) is 4.59. The number of hydrogen-bond acceptors (Lipinski definition) is 4. The van der Waals surface area contributed by atoms with E-state index in [4.69, 9.17) is 4.74 Å². The third-order valence-electron chi connectivity index (χ3n) is 2.64. The zero-order chi connectivity index (χ0) is 12.7. The van der Waals surface area contributed by atoms with E-state index in [9.17, 15) is 0 Å². The topological polar surface area (TPSA) is 47.0 Å². The Hall–Kier alpha value is -1.16. The molecule has 4 nitrogen and oxygen atoms in total. The molecule has 1 aromatic heterocycles. The minimum absolute atomic E-state index is 0.156. The predicted molar refractivity (Wildman–Crippen MR) is 69.0 cm³/mol. The van der Waals surface area contributed by atoms with Crippen molar-refractivity contribution in [2.24, 2.45) is 5.92 Å². The van der Waals surface area contributed by atoms with E-state index in [1.807, 2.05) is 6.92 Å². The lowest BCUT2D eigenvalue weighted by atomic mass is 10.1. The van der Waals surface area contributed by atoms with E-state index < -0.39 is 0 Å². The molecule has 0 amide bonds. The van der Waals surface area contributed by atoms with Gasteiger partial charge in [0.1, 0.15) is 0 Å². The molecule has 0 bridgehead atoms. The van der Waals surface area contributed by atoms with Gasteiger partial charge in [0.2, 0.25) is 5.88 Å². The molecule has 96 valence electrons. The Bertz CT molecular complexity index is 328. The van der Waals surface area contributed by atoms with Crippen molar-refractivity contribution in [1.82, 2.24) is 15.3 Å². The van der Waals surface area contributed by atoms with Crippen molar-refractivity contribution < 1.29 is 4.74 Å². The smallest absolute Gasteiger partial charge is 0.232 e. The molecule has 0 fully saturated rings. The molecule has 0 saturated carbocycles. The first-order chi connectivity index (χ1) is 8.13. The highest BCUT2D eigenvalue weighted by Gasteiger charge is 2.09. The van der Waals surface area contributed by atoms with Crippen molar-refractivity contribution in [2.75, 3.05) is 6.54 Å². The monoisotopic (exact) mass is 237 g/mol. The average Bonchev–Trinajstić information content (AvgIpc) is 2.30. The summed E-state index contributed by atoms with van der Waals surface area (Å²) in [5, 5.41) is 3.30. The Labute approximate surface area is 104 Å². The molecule has 17 heavy (non-hydrogen) atoms. The predicted octanol–water partition coefficient (Wildman–Crippen LogP) is 2.40. The Morgan fingerprint density at radius 1 is 1.29 bits per heavy atom. The van der Waals surface area contributed by atoms with E-state index in [-0.39, 0.29) is 6.10 Å². The fourth-order valence-electron chi connectivity index (χ4n) is 1.25. The summed E-state index contributed by atoms with van der Waals surface area (Å²) in [5.41, 5.74) is 0.923. The first kappa shape index (κ1) is 13.9. The van der Waals surface area contributed by atoms with Crippen molar-refractivity contribution in [3.63, 3.8) is 0 Å². The summed E-state index contributed by atoms with van der Waals surface area (Å²) in [4.78, 5) is 8.57. The summed E-state index contributed by atoms with van der Waals surface area (Å²) >= 11 is 0. The van der Waals surface area contributed by atoms with E-state index in [1.165, 1.54) is 0 Å². The third-order valence-corrected chi connectivity index (χ3v) is 2.64. The van der Waals surface area contributed by atoms with Crippen LogP contribution in [-0.2, 0) is 6.54 Å². The highest BCUT2D eigenvalue weighted by Crippen LogP contribution is 2.12. The molecule has 0 radical (unpaired) electrons. The molecule has 1 atom stereocenters. The number of nitrogens with zero attached hydrogens (tertiary/aromatic N) is 2. The Kier molecular flexibility index (Phi) is 5.91. The van der Waals surface area contributed by atoms with Gasteiger partial charge in [-0.3, -0.25) is 4.98 Å². The SMILES string of the molecule is CCCNCc1cncc(OC(C)C(C)C)n1. The van der Waals surface area contributed by atoms with Gasteiger partial charge in [0, 0.05) is 12.7 Å². The summed E-state index contributed by atoms with van der Waals surface area (Å²) in [6.07, 6.45) is 4.72. The van der Waals surface area contributed by atoms with Gasteiger partial charge in [-0.15, -0.1) is 0 Å². The van der Waals surface area contributed by atoms with Crippen molar-refractivity contribution in [3.05, 3.63) is 18.1 Å². The highest BCUT2D eigenvalue weighted by atomic mass is 16.5. The quantitative estimate of drug-likeness (QED) is 0.740. The number of rotatable bonds is 7. The molecule has 4 heteroatoms. The zero-order valence-electron chi connectivity index (χ0n) is 11.2. The van der Waals surface area contributed by atoms with Gasteiger partial charge in [-0.25, -0.2) is 4.98 Å². The van der Waals surface area contributed by atoms with Crippen LogP contribution in [0.3, 0.4) is 0 Å². The summed E-state index contributed by atoms with van der Waals surface area (Å²) in [5.74, 6) is 1.08. The molecule has 1 aromatic rings. The van der Waals surface area contributed by atoms with Gasteiger partial charge in [0.25, 0.3) is 0 Å². The Morgan fingerprint density at radius 3 is 2.71 bits per heavy atom. The van der Waals surface area contributed by atoms with E-state index in [1.54, 1.807) is 12.4 Å². The molecule has 0 aliphatic carbocycles. The molecule has 1 rings (SSSR count). The van der Waals surface area contributed by atoms with Crippen LogP contribution in [0, 0.1) is 5.92 Å². The standard InChI is InChI=1S/C13H23N3O/c1-5-6-14-7-12-8-15-9-13(16-12)17-11(4)10(2)3/h8-11,14H,5-7H2,1-4H3. The van der Waals surface area contributed by atoms with Gasteiger partial charge in [-0.05, 0) is 25.8 Å². The maximum Gasteiger partial charge on any atom is 0.232 e. The molecule has 0 spiro atoms. The van der Waals surface area contributed by atoms with Gasteiger partial charge >= 0.3 is 0 Å². The van der Waals surface area contributed by atoms with E-state index >= 15 is 0 Å². The van der Waals surface area contributed by atoms with Crippen molar-refractivity contribution >= 4 is 0 Å². The largest absolute Gasteiger partial charge is 0.473 e. The first-order valence-corrected chi connectivity index (χ1v) is 6.31. The lowest BCUT2D eigenvalue weighted by molar-refractivity contribution is 0.162. The van der Waals surface area contributed by atoms with Crippen LogP contribution in [0.2, 0.25) is 0 Å². The van der Waals surface area contributed by atoms with Gasteiger partial charge < -0.3 is 10.1 Å². The average molecular weight is 237 g/mol. The van der Waals surface area contributed by atoms with Crippen LogP contribution < -0.4 is 10.1 Å². The normalized spacial score (nSPS) is 12.8. The number of ether oxygens (including phenoxy) is 1. The summed E-state index contributed by atoms with van der Waals surface area (Å²) in [7, 11) is 0. The van der Waals surface area contributed by atoms with Crippen LogP contribution in [0.4, 0.5) is 0 Å². The minimum atomic E-state index is 0.156. The van der Waals surface area contributed by atoms with Crippen LogP contribution in [-0.4, -0.2) is 22.6 Å². The van der Waals surface area contributed by atoms with Gasteiger partial charge in [-0.1, -0.05) is 20.8 Å². The van der Waals surface area contributed by atoms with Crippen LogP contribution in [0.5, 0.6) is 5.88 Å². The first-order valence-electron chi connectivity index (χ1n) is 6.31. The third kappa shape index (κ3) is 5.13. The highest BCUT2D eigenvalue weighted by molar-refractivity contribution is 5.08. The second kappa shape index (κ2) is 7.22. The van der Waals surface area contributed by atoms with Crippen LogP contribution in [0.15, 0.2) is 12.4 Å². The molecule has 0 aliphatic heterocycles. The van der Waals surface area contributed by atoms with E-state index in [0.29, 0.717) is 11.8 Å². The van der Waals surface area contributed by atoms with Gasteiger partial charge in [0.15, 0.2) is 0 Å². The van der Waals surface area contributed by atoms with Gasteiger partial charge in [-0.2, -0.15) is 0 Å². The van der Waals surface area contributed by atoms with Crippen molar-refractivity contribution in [2.45, 2.75) is 46.8 Å². The fraction of sp³-hybridized carbons (Fsp3) is 0.692. The lowest BCUT2D eigenvalue weighted by Crippen LogP contribution is -2.20. The summed E-state index contributed by atoms with van der Waals surface area (Å²) < 4.78 is 5.72. The Morgan fingerprint density at radius 2 is 2.06 bits per heavy atom. The second-order valence-corrected chi connectivity index (χ2v) is 4.59. The van der Waals surface area contributed by atoms with Gasteiger partial charge in [0.05, 0.1) is 18.0 Å². The maximum absolute atomic E-state index is 5.72. The number of hydrogen-bond donors (Lipinski definition) is 1. The minimum Gasteiger partial charge on any atom is -0.473 e. The Balaban J connectivity index is 2.53. The fourth-order valence-corrected chi connectivity index (χ4v) is 1.25. The summed E-state index contributed by atoms with van der Waals surface area (Å²) in [6.45, 7) is 10.2. The summed E-state index contributed by atoms with van der Waals surface area (Å²) in [6, 6.07) is 0. The molecule has 1 heterocycles. The number of nitrogens with one attached hydrogen (secondary N) is 1. The molecule has 0 aromatic carbocycles. The van der Waals surface area contributed by atoms with Crippen molar-refractivity contribution in [1.29, 1.82) is 0 Å². The van der Waals surface area contributed by atoms with Crippen LogP contribution >= 0.6 is 0 Å². The lowest BCUT2D eigenvalue weighted by Gasteiger charge is -2.17. The number of aromatic nitrogens is 2. The van der Waals surface area contributed by atoms with Crippen molar-refractivity contribution in [3.8, 4) is 5.88 Å². The zero-order valence-corrected chi connectivity index (χ0v) is 11.2. The molecular weight excluding hydrogens is 214 g/mol.